The second-order valence-corrected chi connectivity index (χ2v) is 7.92. The van der Waals surface area contributed by atoms with Crippen molar-refractivity contribution in [3.63, 3.8) is 0 Å². The molecule has 5 nitrogen and oxygen atoms in total. The van der Waals surface area contributed by atoms with Crippen molar-refractivity contribution in [3.8, 4) is 0 Å². The molecule has 3 aromatic rings. The van der Waals surface area contributed by atoms with Crippen LogP contribution in [0.15, 0.2) is 47.5 Å². The summed E-state index contributed by atoms with van der Waals surface area (Å²) in [6.07, 6.45) is -8.90. The molecule has 0 unspecified atom stereocenters. The number of halogens is 6. The standard InChI is InChI=1S/C17H13F6N3O2S/c1-2-26(13-3-4-15-10(5-13)9-24-25-15)29(27,28)14-7-11(16(18,19)20)6-12(8-14)17(21,22)23/h3-9H,2H2,1H3,(H,24,25). The maximum Gasteiger partial charge on any atom is 0.416 e. The van der Waals surface area contributed by atoms with Gasteiger partial charge < -0.3 is 0 Å². The number of aromatic nitrogens is 2. The fourth-order valence-corrected chi connectivity index (χ4v) is 4.32. The molecule has 0 spiro atoms. The minimum Gasteiger partial charge on any atom is -0.278 e. The van der Waals surface area contributed by atoms with E-state index in [2.05, 4.69) is 10.2 Å². The molecule has 2 aromatic carbocycles. The topological polar surface area (TPSA) is 66.1 Å². The summed E-state index contributed by atoms with van der Waals surface area (Å²) in [5.74, 6) is 0. The number of nitrogens with zero attached hydrogens (tertiary/aromatic N) is 2. The largest absolute Gasteiger partial charge is 0.416 e. The Kier molecular flexibility index (Phi) is 5.01. The van der Waals surface area contributed by atoms with Crippen molar-refractivity contribution in [2.45, 2.75) is 24.2 Å². The van der Waals surface area contributed by atoms with Gasteiger partial charge >= 0.3 is 12.4 Å². The van der Waals surface area contributed by atoms with Crippen LogP contribution in [0.3, 0.4) is 0 Å². The average Bonchev–Trinajstić information content (AvgIpc) is 3.08. The van der Waals surface area contributed by atoms with Gasteiger partial charge in [0.25, 0.3) is 10.0 Å². The molecule has 156 valence electrons. The molecule has 0 radical (unpaired) electrons. The summed E-state index contributed by atoms with van der Waals surface area (Å²) < 4.78 is 105. The van der Waals surface area contributed by atoms with Gasteiger partial charge in [-0.1, -0.05) is 0 Å². The molecule has 0 saturated heterocycles. The molecular weight excluding hydrogens is 424 g/mol. The maximum absolute atomic E-state index is 13.1. The quantitative estimate of drug-likeness (QED) is 0.596. The molecule has 0 saturated carbocycles. The number of fused-ring (bicyclic) bond motifs is 1. The van der Waals surface area contributed by atoms with Crippen LogP contribution in [0.5, 0.6) is 0 Å². The highest BCUT2D eigenvalue weighted by Gasteiger charge is 2.39. The van der Waals surface area contributed by atoms with Crippen molar-refractivity contribution < 1.29 is 34.8 Å². The Bertz CT molecular complexity index is 1120. The van der Waals surface area contributed by atoms with Crippen molar-refractivity contribution in [2.75, 3.05) is 10.8 Å². The highest BCUT2D eigenvalue weighted by atomic mass is 32.2. The van der Waals surface area contributed by atoms with E-state index in [0.717, 1.165) is 4.31 Å². The molecule has 12 heteroatoms. The first-order valence-electron chi connectivity index (χ1n) is 8.09. The Hall–Kier alpha value is -2.76. The van der Waals surface area contributed by atoms with E-state index in [9.17, 15) is 34.8 Å². The molecule has 1 aromatic heterocycles. The fourth-order valence-electron chi connectivity index (χ4n) is 2.78. The van der Waals surface area contributed by atoms with Gasteiger partial charge in [-0.3, -0.25) is 9.40 Å². The molecule has 0 fully saturated rings. The van der Waals surface area contributed by atoms with E-state index in [1.165, 1.54) is 31.3 Å². The first-order valence-corrected chi connectivity index (χ1v) is 9.53. The number of anilines is 1. The van der Waals surface area contributed by atoms with Gasteiger partial charge in [-0.05, 0) is 43.3 Å². The number of aromatic amines is 1. The molecule has 0 aliphatic rings. The van der Waals surface area contributed by atoms with Crippen LogP contribution in [0.1, 0.15) is 18.1 Å². The summed E-state index contributed by atoms with van der Waals surface area (Å²) in [5.41, 5.74) is -2.74. The molecule has 1 N–H and O–H groups in total. The fraction of sp³-hybridized carbons (Fsp3) is 0.235. The number of nitrogens with one attached hydrogen (secondary N) is 1. The van der Waals surface area contributed by atoms with Crippen molar-refractivity contribution in [1.82, 2.24) is 10.2 Å². The zero-order chi connectivity index (χ0) is 21.6. The molecule has 29 heavy (non-hydrogen) atoms. The van der Waals surface area contributed by atoms with Gasteiger partial charge in [-0.2, -0.15) is 31.4 Å². The van der Waals surface area contributed by atoms with E-state index in [1.807, 2.05) is 0 Å². The normalized spacial score (nSPS) is 13.1. The van der Waals surface area contributed by atoms with Crippen molar-refractivity contribution in [1.29, 1.82) is 0 Å². The van der Waals surface area contributed by atoms with Crippen LogP contribution in [0, 0.1) is 0 Å². The van der Waals surface area contributed by atoms with Gasteiger partial charge in [0, 0.05) is 11.9 Å². The number of H-pyrrole nitrogens is 1. The second kappa shape index (κ2) is 6.94. The number of alkyl halides is 6. The van der Waals surface area contributed by atoms with Gasteiger partial charge in [0.2, 0.25) is 0 Å². The molecule has 0 aliphatic carbocycles. The molecule has 1 heterocycles. The van der Waals surface area contributed by atoms with E-state index in [0.29, 0.717) is 10.9 Å². The Balaban J connectivity index is 2.18. The molecule has 0 bridgehead atoms. The summed E-state index contributed by atoms with van der Waals surface area (Å²) in [4.78, 5) is -1.10. The van der Waals surface area contributed by atoms with Gasteiger partial charge in [-0.25, -0.2) is 8.42 Å². The SMILES string of the molecule is CCN(c1ccc2[nH]ncc2c1)S(=O)(=O)c1cc(C(F)(F)F)cc(C(F)(F)F)c1. The Labute approximate surface area is 161 Å². The molecular formula is C17H13F6N3O2S. The number of sulfonamides is 1. The van der Waals surface area contributed by atoms with Crippen molar-refractivity contribution >= 4 is 26.6 Å². The van der Waals surface area contributed by atoms with Gasteiger partial charge in [-0.15, -0.1) is 0 Å². The van der Waals surface area contributed by atoms with Crippen molar-refractivity contribution in [2.24, 2.45) is 0 Å². The second-order valence-electron chi connectivity index (χ2n) is 6.05. The van der Waals surface area contributed by atoms with Crippen LogP contribution >= 0.6 is 0 Å². The van der Waals surface area contributed by atoms with Crippen LogP contribution in [-0.2, 0) is 22.4 Å². The van der Waals surface area contributed by atoms with Crippen molar-refractivity contribution in [3.05, 3.63) is 53.7 Å². The van der Waals surface area contributed by atoms with E-state index in [-0.39, 0.29) is 30.4 Å². The summed E-state index contributed by atoms with van der Waals surface area (Å²) in [6, 6.07) is 4.57. The lowest BCUT2D eigenvalue weighted by atomic mass is 10.1. The number of hydrogen-bond donors (Lipinski definition) is 1. The average molecular weight is 437 g/mol. The third-order valence-electron chi connectivity index (χ3n) is 4.15. The zero-order valence-corrected chi connectivity index (χ0v) is 15.5. The summed E-state index contributed by atoms with van der Waals surface area (Å²) >= 11 is 0. The minimum absolute atomic E-state index is 0.0763. The third-order valence-corrected chi connectivity index (χ3v) is 6.03. The molecule has 0 amide bonds. The number of benzene rings is 2. The lowest BCUT2D eigenvalue weighted by Crippen LogP contribution is -2.31. The van der Waals surface area contributed by atoms with Crippen LogP contribution in [-0.4, -0.2) is 25.2 Å². The lowest BCUT2D eigenvalue weighted by Gasteiger charge is -2.24. The molecule has 0 atom stereocenters. The first-order chi connectivity index (χ1) is 13.3. The lowest BCUT2D eigenvalue weighted by molar-refractivity contribution is -0.143. The number of rotatable bonds is 4. The summed E-state index contributed by atoms with van der Waals surface area (Å²) in [6.45, 7) is 1.19. The summed E-state index contributed by atoms with van der Waals surface area (Å²) in [5, 5.41) is 6.96. The van der Waals surface area contributed by atoms with Gasteiger partial charge in [0.15, 0.2) is 0 Å². The minimum atomic E-state index is -5.15. The van der Waals surface area contributed by atoms with E-state index in [1.54, 1.807) is 0 Å². The van der Waals surface area contributed by atoms with Crippen LogP contribution in [0.4, 0.5) is 32.0 Å². The first kappa shape index (κ1) is 21.0. The van der Waals surface area contributed by atoms with Crippen LogP contribution in [0.25, 0.3) is 10.9 Å². The van der Waals surface area contributed by atoms with Gasteiger partial charge in [0.1, 0.15) is 0 Å². The Morgan fingerprint density at radius 2 is 1.55 bits per heavy atom. The van der Waals surface area contributed by atoms with E-state index in [4.69, 9.17) is 0 Å². The highest BCUT2D eigenvalue weighted by Crippen LogP contribution is 2.38. The Morgan fingerprint density at radius 1 is 0.966 bits per heavy atom. The molecule has 0 aliphatic heterocycles. The third kappa shape index (κ3) is 4.02. The van der Waals surface area contributed by atoms with Crippen LogP contribution < -0.4 is 4.31 Å². The maximum atomic E-state index is 13.1. The van der Waals surface area contributed by atoms with E-state index >= 15 is 0 Å². The Morgan fingerprint density at radius 3 is 2.07 bits per heavy atom. The number of hydrogen-bond acceptors (Lipinski definition) is 3. The summed E-state index contributed by atoms with van der Waals surface area (Å²) in [7, 11) is -4.72. The zero-order valence-electron chi connectivity index (χ0n) is 14.6. The highest BCUT2D eigenvalue weighted by molar-refractivity contribution is 7.92. The predicted octanol–water partition coefficient (Wildman–Crippen LogP) is 4.82. The monoisotopic (exact) mass is 437 g/mol. The molecule has 3 rings (SSSR count). The van der Waals surface area contributed by atoms with Crippen LogP contribution in [0.2, 0.25) is 0 Å². The predicted molar refractivity (Wildman–Crippen MR) is 92.7 cm³/mol. The smallest absolute Gasteiger partial charge is 0.278 e. The van der Waals surface area contributed by atoms with E-state index < -0.39 is 38.4 Å². The van der Waals surface area contributed by atoms with Gasteiger partial charge in [0.05, 0.1) is 33.4 Å².